The van der Waals surface area contributed by atoms with Crippen LogP contribution in [-0.2, 0) is 23.1 Å². The molecule has 2 rings (SSSR count). The van der Waals surface area contributed by atoms with Gasteiger partial charge in [-0.1, -0.05) is 6.07 Å². The van der Waals surface area contributed by atoms with Crippen molar-refractivity contribution in [1.82, 2.24) is 15.0 Å². The van der Waals surface area contributed by atoms with Crippen molar-refractivity contribution in [2.75, 3.05) is 7.05 Å². The largest absolute Gasteiger partial charge is 0.363 e. The topological polar surface area (TPSA) is 74.0 Å². The van der Waals surface area contributed by atoms with Crippen LogP contribution in [0.3, 0.4) is 0 Å². The second-order valence-corrected chi connectivity index (χ2v) is 6.59. The molecule has 0 saturated carbocycles. The molecule has 2 aromatic rings. The van der Waals surface area contributed by atoms with Crippen LogP contribution in [0.15, 0.2) is 34.7 Å². The highest BCUT2D eigenvalue weighted by molar-refractivity contribution is 7.89. The molecule has 0 amide bonds. The first-order chi connectivity index (χ1) is 8.62. The van der Waals surface area contributed by atoms with E-state index in [1.807, 2.05) is 24.6 Å². The number of aromatic nitrogens is 1. The number of rotatable bonds is 6. The number of H-pyrrole nitrogens is 1. The highest BCUT2D eigenvalue weighted by Crippen LogP contribution is 2.13. The number of thiophene rings is 1. The van der Waals surface area contributed by atoms with Gasteiger partial charge < -0.3 is 10.3 Å². The van der Waals surface area contributed by atoms with E-state index in [0.29, 0.717) is 13.1 Å². The Kier molecular flexibility index (Phi) is 4.18. The minimum Gasteiger partial charge on any atom is -0.363 e. The second-order valence-electron chi connectivity index (χ2n) is 3.79. The van der Waals surface area contributed by atoms with E-state index in [0.717, 1.165) is 10.6 Å². The van der Waals surface area contributed by atoms with E-state index in [4.69, 9.17) is 0 Å². The smallest absolute Gasteiger partial charge is 0.242 e. The van der Waals surface area contributed by atoms with Crippen LogP contribution >= 0.6 is 11.3 Å². The number of sulfonamides is 1. The van der Waals surface area contributed by atoms with Gasteiger partial charge in [-0.05, 0) is 24.6 Å². The van der Waals surface area contributed by atoms with Gasteiger partial charge in [0.05, 0.1) is 4.90 Å². The van der Waals surface area contributed by atoms with Gasteiger partial charge in [0.15, 0.2) is 0 Å². The van der Waals surface area contributed by atoms with Crippen LogP contribution in [0.25, 0.3) is 0 Å². The van der Waals surface area contributed by atoms with E-state index >= 15 is 0 Å². The van der Waals surface area contributed by atoms with Gasteiger partial charge in [0.2, 0.25) is 10.0 Å². The lowest BCUT2D eigenvalue weighted by Crippen LogP contribution is -2.22. The molecule has 0 atom stereocenters. The first-order valence-corrected chi connectivity index (χ1v) is 7.82. The van der Waals surface area contributed by atoms with Gasteiger partial charge in [-0.3, -0.25) is 0 Å². The van der Waals surface area contributed by atoms with Crippen molar-refractivity contribution in [2.45, 2.75) is 18.0 Å². The van der Waals surface area contributed by atoms with Crippen molar-refractivity contribution in [3.05, 3.63) is 40.3 Å². The molecule has 3 N–H and O–H groups in total. The molecule has 0 aliphatic heterocycles. The molecule has 0 aromatic carbocycles. The minimum atomic E-state index is -3.44. The Balaban J connectivity index is 2.05. The maximum absolute atomic E-state index is 12.0. The Morgan fingerprint density at radius 1 is 1.39 bits per heavy atom. The quantitative estimate of drug-likeness (QED) is 0.748. The van der Waals surface area contributed by atoms with E-state index in [1.54, 1.807) is 6.07 Å². The van der Waals surface area contributed by atoms with Crippen LogP contribution in [0.4, 0.5) is 0 Å². The zero-order chi connectivity index (χ0) is 13.0. The van der Waals surface area contributed by atoms with Crippen molar-refractivity contribution < 1.29 is 8.42 Å². The number of hydrogen-bond acceptors (Lipinski definition) is 4. The van der Waals surface area contributed by atoms with Crippen molar-refractivity contribution >= 4 is 21.4 Å². The third-order valence-corrected chi connectivity index (χ3v) is 4.67. The fraction of sp³-hybridized carbons (Fsp3) is 0.273. The molecule has 0 bridgehead atoms. The molecule has 0 unspecified atom stereocenters. The van der Waals surface area contributed by atoms with Gasteiger partial charge in [0.25, 0.3) is 0 Å². The molecule has 0 saturated heterocycles. The molecule has 0 radical (unpaired) electrons. The summed E-state index contributed by atoms with van der Waals surface area (Å²) in [5.74, 6) is 0. The number of aromatic amines is 1. The molecule has 0 aliphatic carbocycles. The molecule has 2 heterocycles. The zero-order valence-corrected chi connectivity index (χ0v) is 11.6. The van der Waals surface area contributed by atoms with Gasteiger partial charge in [0.1, 0.15) is 0 Å². The SMILES string of the molecule is CNCc1cc(S(=O)(=O)NCc2cccs2)c[nH]1. The average molecular weight is 285 g/mol. The molecule has 0 spiro atoms. The van der Waals surface area contributed by atoms with E-state index < -0.39 is 10.0 Å². The monoisotopic (exact) mass is 285 g/mol. The third-order valence-electron chi connectivity index (χ3n) is 2.41. The predicted molar refractivity (Wildman–Crippen MR) is 71.9 cm³/mol. The molecule has 18 heavy (non-hydrogen) atoms. The van der Waals surface area contributed by atoms with E-state index in [9.17, 15) is 8.42 Å². The molecule has 7 heteroatoms. The lowest BCUT2D eigenvalue weighted by molar-refractivity contribution is 0.582. The summed E-state index contributed by atoms with van der Waals surface area (Å²) in [6.07, 6.45) is 1.50. The summed E-state index contributed by atoms with van der Waals surface area (Å²) in [6.45, 7) is 0.937. The van der Waals surface area contributed by atoms with Crippen molar-refractivity contribution in [1.29, 1.82) is 0 Å². The summed E-state index contributed by atoms with van der Waals surface area (Å²) >= 11 is 1.53. The molecular weight excluding hydrogens is 270 g/mol. The Morgan fingerprint density at radius 2 is 2.22 bits per heavy atom. The van der Waals surface area contributed by atoms with Crippen molar-refractivity contribution in [2.24, 2.45) is 0 Å². The van der Waals surface area contributed by atoms with Gasteiger partial charge in [-0.25, -0.2) is 13.1 Å². The van der Waals surface area contributed by atoms with E-state index in [-0.39, 0.29) is 4.90 Å². The molecule has 5 nitrogen and oxygen atoms in total. The Morgan fingerprint density at radius 3 is 2.89 bits per heavy atom. The van der Waals surface area contributed by atoms with Gasteiger partial charge in [0, 0.05) is 29.9 Å². The van der Waals surface area contributed by atoms with Gasteiger partial charge >= 0.3 is 0 Å². The summed E-state index contributed by atoms with van der Waals surface area (Å²) in [7, 11) is -1.63. The van der Waals surface area contributed by atoms with Crippen LogP contribution < -0.4 is 10.0 Å². The predicted octanol–water partition coefficient (Wildman–Crippen LogP) is 1.27. The summed E-state index contributed by atoms with van der Waals surface area (Å²) in [5, 5.41) is 4.88. The molecule has 98 valence electrons. The van der Waals surface area contributed by atoms with Crippen LogP contribution in [0.5, 0.6) is 0 Å². The van der Waals surface area contributed by atoms with Crippen LogP contribution in [0.2, 0.25) is 0 Å². The number of hydrogen-bond donors (Lipinski definition) is 3. The molecular formula is C11H15N3O2S2. The minimum absolute atomic E-state index is 0.268. The van der Waals surface area contributed by atoms with Crippen molar-refractivity contribution in [3.8, 4) is 0 Å². The molecule has 2 aromatic heterocycles. The Hall–Kier alpha value is -1.15. The van der Waals surface area contributed by atoms with Crippen LogP contribution in [-0.4, -0.2) is 20.4 Å². The zero-order valence-electron chi connectivity index (χ0n) is 9.93. The molecule has 0 aliphatic rings. The van der Waals surface area contributed by atoms with E-state index in [1.165, 1.54) is 17.5 Å². The summed E-state index contributed by atoms with van der Waals surface area (Å²) < 4.78 is 26.6. The Labute approximate surface area is 110 Å². The van der Waals surface area contributed by atoms with Gasteiger partial charge in [-0.2, -0.15) is 0 Å². The van der Waals surface area contributed by atoms with E-state index in [2.05, 4.69) is 15.0 Å². The first kappa shape index (κ1) is 13.3. The second kappa shape index (κ2) is 5.66. The highest BCUT2D eigenvalue weighted by atomic mass is 32.2. The van der Waals surface area contributed by atoms with Crippen molar-refractivity contribution in [3.63, 3.8) is 0 Å². The maximum atomic E-state index is 12.0. The normalized spacial score (nSPS) is 11.8. The Bertz CT molecular complexity index is 588. The fourth-order valence-electron chi connectivity index (χ4n) is 1.53. The average Bonchev–Trinajstić information content (AvgIpc) is 2.98. The summed E-state index contributed by atoms with van der Waals surface area (Å²) in [4.78, 5) is 4.19. The first-order valence-electron chi connectivity index (χ1n) is 5.46. The van der Waals surface area contributed by atoms with Gasteiger partial charge in [-0.15, -0.1) is 11.3 Å². The van der Waals surface area contributed by atoms with Crippen LogP contribution in [0.1, 0.15) is 10.6 Å². The number of nitrogens with one attached hydrogen (secondary N) is 3. The standard InChI is InChI=1S/C11H15N3O2S2/c1-12-6-9-5-11(8-13-9)18(15,16)14-7-10-3-2-4-17-10/h2-5,8,12-14H,6-7H2,1H3. The fourth-order valence-corrected chi connectivity index (χ4v) is 3.29. The summed E-state index contributed by atoms with van der Waals surface area (Å²) in [5.41, 5.74) is 0.842. The lowest BCUT2D eigenvalue weighted by atomic mass is 10.4. The van der Waals surface area contributed by atoms with Crippen LogP contribution in [0, 0.1) is 0 Å². The third kappa shape index (κ3) is 3.20. The highest BCUT2D eigenvalue weighted by Gasteiger charge is 2.15. The summed E-state index contributed by atoms with van der Waals surface area (Å²) in [6, 6.07) is 5.43. The lowest BCUT2D eigenvalue weighted by Gasteiger charge is -2.02. The molecule has 0 fully saturated rings. The maximum Gasteiger partial charge on any atom is 0.242 e.